The molecule has 8 heteroatoms. The molecule has 0 aromatic heterocycles. The zero-order chi connectivity index (χ0) is 13.0. The van der Waals surface area contributed by atoms with Gasteiger partial charge in [-0.2, -0.15) is 16.8 Å². The molecule has 0 amide bonds. The van der Waals surface area contributed by atoms with E-state index in [1.807, 2.05) is 0 Å². The number of unbranched alkanes of at least 4 members (excludes halogenated alkanes) is 1. The van der Waals surface area contributed by atoms with Gasteiger partial charge in [0.1, 0.15) is 0 Å². The maximum atomic E-state index is 11.2. The summed E-state index contributed by atoms with van der Waals surface area (Å²) >= 11 is 0. The van der Waals surface area contributed by atoms with Gasteiger partial charge in [-0.1, -0.05) is 33.1 Å². The molecule has 0 bridgehead atoms. The first kappa shape index (κ1) is 15.8. The molecule has 0 aliphatic carbocycles. The second-order valence-electron chi connectivity index (χ2n) is 3.71. The maximum Gasteiger partial charge on any atom is 0.287 e. The third kappa shape index (κ3) is 3.16. The Bertz CT molecular complexity index is 376. The molecule has 0 aliphatic rings. The molecule has 0 heterocycles. The average molecular weight is 274 g/mol. The lowest BCUT2D eigenvalue weighted by Gasteiger charge is -2.26. The minimum Gasteiger partial charge on any atom is -0.284 e. The minimum atomic E-state index is -4.86. The summed E-state index contributed by atoms with van der Waals surface area (Å²) in [6.45, 7) is 3.34. The van der Waals surface area contributed by atoms with Gasteiger partial charge in [0.2, 0.25) is 4.08 Å². The lowest BCUT2D eigenvalue weighted by molar-refractivity contribution is 0.396. The summed E-state index contributed by atoms with van der Waals surface area (Å²) in [5.74, 6) is 0. The quantitative estimate of drug-likeness (QED) is 0.680. The minimum absolute atomic E-state index is 0.225. The number of rotatable bonds is 7. The molecule has 0 aromatic carbocycles. The van der Waals surface area contributed by atoms with Gasteiger partial charge in [-0.15, -0.1) is 0 Å². The Kier molecular flexibility index (Phi) is 5.37. The van der Waals surface area contributed by atoms with Crippen LogP contribution in [0.15, 0.2) is 0 Å². The SMILES string of the molecule is CCCCC(CCC)(S(=O)(=O)O)S(=O)(=O)O. The smallest absolute Gasteiger partial charge is 0.284 e. The molecule has 0 saturated heterocycles. The second kappa shape index (κ2) is 5.44. The molecule has 0 unspecified atom stereocenters. The van der Waals surface area contributed by atoms with E-state index in [9.17, 15) is 16.8 Å². The van der Waals surface area contributed by atoms with Crippen LogP contribution in [0.4, 0.5) is 0 Å². The average Bonchev–Trinajstić information content (AvgIpc) is 2.08. The third-order valence-corrected chi connectivity index (χ3v) is 6.44. The van der Waals surface area contributed by atoms with E-state index in [0.29, 0.717) is 12.8 Å². The van der Waals surface area contributed by atoms with Crippen molar-refractivity contribution in [2.45, 2.75) is 50.0 Å². The van der Waals surface area contributed by atoms with Crippen molar-refractivity contribution in [2.75, 3.05) is 0 Å². The first-order valence-corrected chi connectivity index (χ1v) is 7.94. The van der Waals surface area contributed by atoms with Crippen LogP contribution >= 0.6 is 0 Å². The molecular weight excluding hydrogens is 256 g/mol. The fourth-order valence-electron chi connectivity index (χ4n) is 1.60. The van der Waals surface area contributed by atoms with Crippen LogP contribution in [-0.2, 0) is 20.2 Å². The highest BCUT2D eigenvalue weighted by molar-refractivity contribution is 8.05. The maximum absolute atomic E-state index is 11.2. The van der Waals surface area contributed by atoms with Crippen LogP contribution in [-0.4, -0.2) is 30.0 Å². The number of hydrogen-bond donors (Lipinski definition) is 2. The molecule has 0 aliphatic heterocycles. The topological polar surface area (TPSA) is 109 Å². The van der Waals surface area contributed by atoms with E-state index in [2.05, 4.69) is 0 Å². The standard InChI is InChI=1S/C8H18O6S2/c1-3-5-7-8(6-4-2,15(9,10)11)16(12,13)14/h3-7H2,1-2H3,(H,9,10,11)(H,12,13,14). The van der Waals surface area contributed by atoms with E-state index < -0.39 is 24.3 Å². The first-order valence-electron chi connectivity index (χ1n) is 5.06. The van der Waals surface area contributed by atoms with Gasteiger partial charge in [0.05, 0.1) is 0 Å². The molecule has 0 radical (unpaired) electrons. The van der Waals surface area contributed by atoms with Gasteiger partial charge in [-0.25, -0.2) is 0 Å². The molecule has 0 aromatic rings. The highest BCUT2D eigenvalue weighted by Crippen LogP contribution is 2.34. The van der Waals surface area contributed by atoms with E-state index >= 15 is 0 Å². The molecule has 6 nitrogen and oxygen atoms in total. The van der Waals surface area contributed by atoms with Gasteiger partial charge in [-0.3, -0.25) is 9.11 Å². The lowest BCUT2D eigenvalue weighted by Crippen LogP contribution is -2.45. The summed E-state index contributed by atoms with van der Waals surface area (Å²) in [6, 6.07) is 0. The predicted octanol–water partition coefficient (Wildman–Crippen LogP) is 1.45. The molecule has 16 heavy (non-hydrogen) atoms. The Hall–Kier alpha value is -0.180. The van der Waals surface area contributed by atoms with Crippen LogP contribution in [0.3, 0.4) is 0 Å². The van der Waals surface area contributed by atoms with Crippen molar-refractivity contribution in [1.82, 2.24) is 0 Å². The fourth-order valence-corrected chi connectivity index (χ4v) is 4.39. The molecule has 0 fully saturated rings. The Balaban J connectivity index is 5.61. The molecule has 2 N–H and O–H groups in total. The van der Waals surface area contributed by atoms with Gasteiger partial charge >= 0.3 is 0 Å². The fraction of sp³-hybridized carbons (Fsp3) is 1.00. The Morgan fingerprint density at radius 1 is 0.875 bits per heavy atom. The van der Waals surface area contributed by atoms with Crippen LogP contribution in [0.25, 0.3) is 0 Å². The Labute approximate surface area is 96.6 Å². The van der Waals surface area contributed by atoms with E-state index in [4.69, 9.17) is 9.11 Å². The molecule has 98 valence electrons. The van der Waals surface area contributed by atoms with Crippen molar-refractivity contribution < 1.29 is 25.9 Å². The summed E-state index contributed by atoms with van der Waals surface area (Å²) in [7, 11) is -9.71. The normalized spacial score (nSPS) is 14.0. The molecule has 0 rings (SSSR count). The summed E-state index contributed by atoms with van der Waals surface area (Å²) < 4.78 is 60.5. The van der Waals surface area contributed by atoms with Crippen molar-refractivity contribution in [1.29, 1.82) is 0 Å². The number of hydrogen-bond acceptors (Lipinski definition) is 4. The van der Waals surface area contributed by atoms with Crippen LogP contribution in [0.1, 0.15) is 46.0 Å². The van der Waals surface area contributed by atoms with Crippen molar-refractivity contribution in [3.05, 3.63) is 0 Å². The van der Waals surface area contributed by atoms with Gasteiger partial charge in [0.25, 0.3) is 20.2 Å². The van der Waals surface area contributed by atoms with Gasteiger partial charge in [0.15, 0.2) is 0 Å². The van der Waals surface area contributed by atoms with Crippen LogP contribution in [0.5, 0.6) is 0 Å². The molecule has 0 saturated carbocycles. The Morgan fingerprint density at radius 3 is 1.56 bits per heavy atom. The highest BCUT2D eigenvalue weighted by Gasteiger charge is 2.52. The summed E-state index contributed by atoms with van der Waals surface area (Å²) in [4.78, 5) is 0. The summed E-state index contributed by atoms with van der Waals surface area (Å²) in [5, 5.41) is 0. The van der Waals surface area contributed by atoms with Crippen LogP contribution < -0.4 is 0 Å². The highest BCUT2D eigenvalue weighted by atomic mass is 32.3. The monoisotopic (exact) mass is 274 g/mol. The largest absolute Gasteiger partial charge is 0.287 e. The molecule has 0 atom stereocenters. The van der Waals surface area contributed by atoms with E-state index in [1.165, 1.54) is 0 Å². The van der Waals surface area contributed by atoms with Crippen molar-refractivity contribution in [3.8, 4) is 0 Å². The van der Waals surface area contributed by atoms with E-state index in [0.717, 1.165) is 0 Å². The van der Waals surface area contributed by atoms with Crippen molar-refractivity contribution in [3.63, 3.8) is 0 Å². The lowest BCUT2D eigenvalue weighted by atomic mass is 10.1. The predicted molar refractivity (Wildman–Crippen MR) is 60.3 cm³/mol. The van der Waals surface area contributed by atoms with Crippen LogP contribution in [0.2, 0.25) is 0 Å². The first-order chi connectivity index (χ1) is 7.12. The van der Waals surface area contributed by atoms with E-state index in [-0.39, 0.29) is 19.3 Å². The second-order valence-corrected chi connectivity index (χ2v) is 7.44. The zero-order valence-corrected chi connectivity index (χ0v) is 11.0. The third-order valence-electron chi connectivity index (χ3n) is 2.48. The Morgan fingerprint density at radius 2 is 1.31 bits per heavy atom. The van der Waals surface area contributed by atoms with Crippen molar-refractivity contribution in [2.24, 2.45) is 0 Å². The summed E-state index contributed by atoms with van der Waals surface area (Å²) in [5.41, 5.74) is 0. The van der Waals surface area contributed by atoms with Crippen molar-refractivity contribution >= 4 is 20.2 Å². The van der Waals surface area contributed by atoms with Gasteiger partial charge < -0.3 is 0 Å². The van der Waals surface area contributed by atoms with Gasteiger partial charge in [0, 0.05) is 0 Å². The zero-order valence-electron chi connectivity index (χ0n) is 9.38. The molecule has 0 spiro atoms. The molecular formula is C8H18O6S2. The van der Waals surface area contributed by atoms with E-state index in [1.54, 1.807) is 13.8 Å². The summed E-state index contributed by atoms with van der Waals surface area (Å²) in [6.07, 6.45) is 0.471. The van der Waals surface area contributed by atoms with Crippen LogP contribution in [0, 0.1) is 0 Å². The van der Waals surface area contributed by atoms with Gasteiger partial charge in [-0.05, 0) is 12.8 Å².